The van der Waals surface area contributed by atoms with Gasteiger partial charge in [-0.15, -0.1) is 0 Å². The third kappa shape index (κ3) is 3.83. The number of hydrogen-bond acceptors (Lipinski definition) is 3. The van der Waals surface area contributed by atoms with E-state index in [9.17, 15) is 14.0 Å². The average molecular weight is 411 g/mol. The number of allylic oxidation sites excluding steroid dienone is 3. The largest absolute Gasteiger partial charge is 0.362 e. The Morgan fingerprint density at radius 3 is 2.48 bits per heavy atom. The van der Waals surface area contributed by atoms with Crippen molar-refractivity contribution in [2.75, 3.05) is 5.32 Å². The van der Waals surface area contributed by atoms with Crippen LogP contribution >= 0.6 is 11.6 Å². The van der Waals surface area contributed by atoms with Crippen molar-refractivity contribution in [3.8, 4) is 0 Å². The molecule has 0 saturated heterocycles. The van der Waals surface area contributed by atoms with Gasteiger partial charge in [-0.3, -0.25) is 9.59 Å². The zero-order valence-corrected chi connectivity index (χ0v) is 16.6. The molecule has 1 aliphatic carbocycles. The normalized spacial score (nSPS) is 19.0. The molecule has 0 radical (unpaired) electrons. The number of carbonyl (C=O) groups is 2. The van der Waals surface area contributed by atoms with Gasteiger partial charge < -0.3 is 10.6 Å². The van der Waals surface area contributed by atoms with Crippen molar-refractivity contribution in [3.05, 3.63) is 87.5 Å². The zero-order valence-electron chi connectivity index (χ0n) is 15.9. The number of Topliss-reactive ketones (excluding diaryl/α,β-unsaturated/α-hetero) is 1. The van der Waals surface area contributed by atoms with Crippen LogP contribution in [-0.2, 0) is 9.59 Å². The minimum atomic E-state index is -0.475. The number of hydrogen-bond donors (Lipinski definition) is 2. The molecule has 0 unspecified atom stereocenters. The second kappa shape index (κ2) is 7.84. The van der Waals surface area contributed by atoms with Crippen LogP contribution in [0.15, 0.2) is 71.1 Å². The molecule has 1 amide bonds. The fourth-order valence-corrected chi connectivity index (χ4v) is 4.13. The first-order chi connectivity index (χ1) is 13.9. The molecular weight excluding hydrogens is 391 g/mol. The van der Waals surface area contributed by atoms with Crippen LogP contribution in [0.3, 0.4) is 0 Å². The minimum absolute atomic E-state index is 0.0540. The SMILES string of the molecule is CC1=C(C(=O)Nc2ccc(F)cc2)[C@H](c2ccc(Cl)cc2)C2=C(CCCC2=O)N1. The van der Waals surface area contributed by atoms with E-state index in [-0.39, 0.29) is 17.5 Å². The van der Waals surface area contributed by atoms with E-state index in [2.05, 4.69) is 10.6 Å². The average Bonchev–Trinajstić information content (AvgIpc) is 2.69. The van der Waals surface area contributed by atoms with Crippen LogP contribution in [0.25, 0.3) is 0 Å². The lowest BCUT2D eigenvalue weighted by Gasteiger charge is -2.34. The number of halogens is 2. The van der Waals surface area contributed by atoms with E-state index in [0.717, 1.165) is 24.1 Å². The van der Waals surface area contributed by atoms with Crippen LogP contribution < -0.4 is 10.6 Å². The van der Waals surface area contributed by atoms with E-state index < -0.39 is 5.92 Å². The maximum Gasteiger partial charge on any atom is 0.254 e. The van der Waals surface area contributed by atoms with Gasteiger partial charge in [0.05, 0.1) is 0 Å². The first kappa shape index (κ1) is 19.4. The van der Waals surface area contributed by atoms with Gasteiger partial charge in [0.15, 0.2) is 5.78 Å². The van der Waals surface area contributed by atoms with Gasteiger partial charge in [-0.05, 0) is 61.7 Å². The summed E-state index contributed by atoms with van der Waals surface area (Å²) in [7, 11) is 0. The number of dihydropyridines is 1. The van der Waals surface area contributed by atoms with Crippen LogP contribution in [-0.4, -0.2) is 11.7 Å². The summed E-state index contributed by atoms with van der Waals surface area (Å²) in [4.78, 5) is 26.1. The van der Waals surface area contributed by atoms with Gasteiger partial charge in [-0.1, -0.05) is 23.7 Å². The molecule has 1 heterocycles. The zero-order chi connectivity index (χ0) is 20.5. The molecule has 1 aliphatic heterocycles. The summed E-state index contributed by atoms with van der Waals surface area (Å²) in [5.41, 5.74) is 4.04. The maximum absolute atomic E-state index is 13.2. The fraction of sp³-hybridized carbons (Fsp3) is 0.217. The maximum atomic E-state index is 13.2. The van der Waals surface area contributed by atoms with Crippen molar-refractivity contribution in [1.82, 2.24) is 5.32 Å². The van der Waals surface area contributed by atoms with E-state index in [4.69, 9.17) is 11.6 Å². The highest BCUT2D eigenvalue weighted by Gasteiger charge is 2.38. The Bertz CT molecular complexity index is 1040. The van der Waals surface area contributed by atoms with Gasteiger partial charge in [0.1, 0.15) is 5.82 Å². The molecule has 0 aromatic heterocycles. The summed E-state index contributed by atoms with van der Waals surface area (Å²) in [6.45, 7) is 1.84. The minimum Gasteiger partial charge on any atom is -0.362 e. The third-order valence-corrected chi connectivity index (χ3v) is 5.58. The molecule has 4 rings (SSSR count). The van der Waals surface area contributed by atoms with Gasteiger partial charge >= 0.3 is 0 Å². The predicted molar refractivity (Wildman–Crippen MR) is 111 cm³/mol. The topological polar surface area (TPSA) is 58.2 Å². The highest BCUT2D eigenvalue weighted by molar-refractivity contribution is 6.30. The first-order valence-corrected chi connectivity index (χ1v) is 9.88. The molecule has 2 aromatic rings. The van der Waals surface area contributed by atoms with E-state index in [1.165, 1.54) is 24.3 Å². The molecule has 0 bridgehead atoms. The van der Waals surface area contributed by atoms with Crippen LogP contribution in [0.5, 0.6) is 0 Å². The Balaban J connectivity index is 1.77. The predicted octanol–water partition coefficient (Wildman–Crippen LogP) is 5.09. The Hall–Kier alpha value is -2.92. The van der Waals surface area contributed by atoms with Gasteiger partial charge in [-0.2, -0.15) is 0 Å². The van der Waals surface area contributed by atoms with Crippen LogP contribution in [0.2, 0.25) is 5.02 Å². The fourth-order valence-electron chi connectivity index (χ4n) is 4.00. The Kier molecular flexibility index (Phi) is 5.24. The number of carbonyl (C=O) groups excluding carboxylic acids is 2. The standard InChI is InChI=1S/C23H20ClFN2O2/c1-13-20(23(29)27-17-11-9-16(25)10-12-17)21(14-5-7-15(24)8-6-14)22-18(26-13)3-2-4-19(22)28/h5-12,21,26H,2-4H2,1H3,(H,27,29)/t21-/m0/s1. The molecule has 2 aromatic carbocycles. The number of anilines is 1. The van der Waals surface area contributed by atoms with Crippen molar-refractivity contribution in [3.63, 3.8) is 0 Å². The third-order valence-electron chi connectivity index (χ3n) is 5.33. The van der Waals surface area contributed by atoms with Crippen LogP contribution in [0, 0.1) is 5.82 Å². The summed E-state index contributed by atoms with van der Waals surface area (Å²) in [6.07, 6.45) is 2.04. The molecule has 0 fully saturated rings. The highest BCUT2D eigenvalue weighted by atomic mass is 35.5. The van der Waals surface area contributed by atoms with Crippen molar-refractivity contribution in [2.45, 2.75) is 32.1 Å². The number of nitrogens with one attached hydrogen (secondary N) is 2. The smallest absolute Gasteiger partial charge is 0.254 e. The lowest BCUT2D eigenvalue weighted by Crippen LogP contribution is -2.35. The second-order valence-electron chi connectivity index (χ2n) is 7.28. The monoisotopic (exact) mass is 410 g/mol. The molecule has 1 atom stereocenters. The summed E-state index contributed by atoms with van der Waals surface area (Å²) >= 11 is 6.05. The van der Waals surface area contributed by atoms with Gasteiger partial charge in [0, 0.05) is 45.6 Å². The Morgan fingerprint density at radius 2 is 1.79 bits per heavy atom. The summed E-state index contributed by atoms with van der Waals surface area (Å²) in [5, 5.41) is 6.69. The molecule has 2 aliphatic rings. The van der Waals surface area contributed by atoms with Crippen molar-refractivity contribution in [2.24, 2.45) is 0 Å². The summed E-state index contributed by atoms with van der Waals surface area (Å²) < 4.78 is 13.2. The van der Waals surface area contributed by atoms with Crippen LogP contribution in [0.1, 0.15) is 37.7 Å². The van der Waals surface area contributed by atoms with E-state index in [1.54, 1.807) is 12.1 Å². The van der Waals surface area contributed by atoms with Gasteiger partial charge in [0.2, 0.25) is 0 Å². The van der Waals surface area contributed by atoms with E-state index in [1.807, 2.05) is 19.1 Å². The molecule has 0 spiro atoms. The molecular formula is C23H20ClFN2O2. The number of rotatable bonds is 3. The Morgan fingerprint density at radius 1 is 1.10 bits per heavy atom. The molecule has 6 heteroatoms. The van der Waals surface area contributed by atoms with Crippen molar-refractivity contribution < 1.29 is 14.0 Å². The van der Waals surface area contributed by atoms with Crippen LogP contribution in [0.4, 0.5) is 10.1 Å². The molecule has 29 heavy (non-hydrogen) atoms. The highest BCUT2D eigenvalue weighted by Crippen LogP contribution is 2.42. The Labute approximate surface area is 173 Å². The van der Waals surface area contributed by atoms with Crippen molar-refractivity contribution >= 4 is 29.0 Å². The number of ketones is 1. The van der Waals surface area contributed by atoms with E-state index >= 15 is 0 Å². The summed E-state index contributed by atoms with van der Waals surface area (Å²) in [6, 6.07) is 12.8. The molecule has 4 nitrogen and oxygen atoms in total. The molecule has 148 valence electrons. The molecule has 2 N–H and O–H groups in total. The van der Waals surface area contributed by atoms with E-state index in [0.29, 0.717) is 34.0 Å². The lowest BCUT2D eigenvalue weighted by molar-refractivity contribution is -0.116. The second-order valence-corrected chi connectivity index (χ2v) is 7.71. The summed E-state index contributed by atoms with van der Waals surface area (Å²) in [5.74, 6) is -1.12. The number of benzene rings is 2. The number of amides is 1. The lowest BCUT2D eigenvalue weighted by atomic mass is 9.75. The van der Waals surface area contributed by atoms with Crippen molar-refractivity contribution in [1.29, 1.82) is 0 Å². The van der Waals surface area contributed by atoms with Gasteiger partial charge in [-0.25, -0.2) is 4.39 Å². The first-order valence-electron chi connectivity index (χ1n) is 9.50. The van der Waals surface area contributed by atoms with Gasteiger partial charge in [0.25, 0.3) is 5.91 Å². The molecule has 0 saturated carbocycles. The quantitative estimate of drug-likeness (QED) is 0.741.